The van der Waals surface area contributed by atoms with Crippen molar-refractivity contribution in [1.82, 2.24) is 0 Å². The summed E-state index contributed by atoms with van der Waals surface area (Å²) >= 11 is -0.865. The SMILES string of the molecule is CC(C)P(C1=Cc2ccccc2[CH]1[Zr+2][CH]1C(P(C2CCCCC2)C2CCCCC2)=Cc2ccccc21)C(C)C.[Cl-].[Cl-]. The molecule has 4 aliphatic carbocycles. The minimum Gasteiger partial charge on any atom is -1.00 e. The Labute approximate surface area is 277 Å². The maximum Gasteiger partial charge on any atom is -1.00 e. The van der Waals surface area contributed by atoms with Crippen LogP contribution in [0, 0.1) is 0 Å². The van der Waals surface area contributed by atoms with E-state index in [0.29, 0.717) is 0 Å². The fourth-order valence-electron chi connectivity index (χ4n) is 8.21. The van der Waals surface area contributed by atoms with Gasteiger partial charge in [0, 0.05) is 0 Å². The van der Waals surface area contributed by atoms with E-state index in [0.717, 1.165) is 29.9 Å². The van der Waals surface area contributed by atoms with Crippen molar-refractivity contribution in [3.8, 4) is 0 Å². The van der Waals surface area contributed by atoms with E-state index < -0.39 is 23.2 Å². The molecule has 4 aliphatic rings. The van der Waals surface area contributed by atoms with Crippen molar-refractivity contribution in [2.24, 2.45) is 0 Å². The largest absolute Gasteiger partial charge is 1.00 e. The molecule has 0 nitrogen and oxygen atoms in total. The third-order valence-corrected chi connectivity index (χ3v) is 22.5. The van der Waals surface area contributed by atoms with Crippen LogP contribution in [-0.2, 0) is 23.2 Å². The third-order valence-electron chi connectivity index (χ3n) is 9.79. The number of fused-ring (bicyclic) bond motifs is 2. The summed E-state index contributed by atoms with van der Waals surface area (Å²) in [5.74, 6) is 0. The van der Waals surface area contributed by atoms with Crippen LogP contribution in [0.5, 0.6) is 0 Å². The Morgan fingerprint density at radius 1 is 0.585 bits per heavy atom. The zero-order chi connectivity index (χ0) is 26.9. The van der Waals surface area contributed by atoms with E-state index in [1.165, 1.54) is 64.2 Å². The topological polar surface area (TPSA) is 0 Å². The molecule has 0 bridgehead atoms. The summed E-state index contributed by atoms with van der Waals surface area (Å²) in [5, 5.41) is 3.85. The molecule has 2 fully saturated rings. The first kappa shape index (κ1) is 34.1. The number of hydrogen-bond acceptors (Lipinski definition) is 0. The zero-order valence-electron chi connectivity index (χ0n) is 25.5. The van der Waals surface area contributed by atoms with Crippen molar-refractivity contribution in [2.75, 3.05) is 0 Å². The van der Waals surface area contributed by atoms with Gasteiger partial charge in [0.1, 0.15) is 0 Å². The van der Waals surface area contributed by atoms with Gasteiger partial charge < -0.3 is 24.8 Å². The van der Waals surface area contributed by atoms with Crippen LogP contribution in [0.4, 0.5) is 0 Å². The smallest absolute Gasteiger partial charge is 1.00 e. The minimum absolute atomic E-state index is 0. The molecule has 0 aromatic heterocycles. The molecule has 0 spiro atoms. The Hall–Kier alpha value is 0.243. The molecule has 220 valence electrons. The average Bonchev–Trinajstić information content (AvgIpc) is 3.48. The molecule has 2 aromatic rings. The van der Waals surface area contributed by atoms with Gasteiger partial charge in [0.25, 0.3) is 0 Å². The molecule has 41 heavy (non-hydrogen) atoms. The van der Waals surface area contributed by atoms with E-state index in [1.807, 2.05) is 10.6 Å². The molecule has 0 radical (unpaired) electrons. The normalized spacial score (nSPS) is 22.6. The van der Waals surface area contributed by atoms with Crippen LogP contribution < -0.4 is 24.8 Å². The number of benzene rings is 2. The summed E-state index contributed by atoms with van der Waals surface area (Å²) in [6.07, 6.45) is 20.4. The third kappa shape index (κ3) is 7.23. The Kier molecular flexibility index (Phi) is 12.9. The van der Waals surface area contributed by atoms with Gasteiger partial charge in [0.05, 0.1) is 0 Å². The van der Waals surface area contributed by atoms with Crippen LogP contribution >= 0.6 is 15.8 Å². The molecule has 2 aromatic carbocycles. The molecule has 0 heterocycles. The molecular weight excluding hydrogens is 656 g/mol. The van der Waals surface area contributed by atoms with Gasteiger partial charge >= 0.3 is 254 Å². The molecule has 2 unspecified atom stereocenters. The van der Waals surface area contributed by atoms with E-state index in [-0.39, 0.29) is 40.7 Å². The molecule has 2 saturated carbocycles. The van der Waals surface area contributed by atoms with Crippen LogP contribution in [0.3, 0.4) is 0 Å². The Morgan fingerprint density at radius 2 is 1.00 bits per heavy atom. The fourth-order valence-corrected chi connectivity index (χ4v) is 22.7. The van der Waals surface area contributed by atoms with Gasteiger partial charge in [-0.2, -0.15) is 0 Å². The molecule has 5 heteroatoms. The van der Waals surface area contributed by atoms with Gasteiger partial charge in [0.15, 0.2) is 0 Å². The van der Waals surface area contributed by atoms with Gasteiger partial charge in [0.2, 0.25) is 0 Å². The fraction of sp³-hybridized carbons (Fsp3) is 0.556. The van der Waals surface area contributed by atoms with Crippen LogP contribution in [0.1, 0.15) is 121 Å². The standard InChI is InChI=1S/C21H28P.C15H20P.2ClH.Zr/c1-3-11-19(12-4-1)22(20-13-5-2-6-14-20)21-15-17-9-7-8-10-18(17)16-21;1-11(2)16(12(3)4)15-9-13-7-5-6-8-14(13)10-15;;;/h7-10,15-16,19-20H,1-6,11-14H2;5-12H,1-4H3;2*1H;/q;;;;+2/p-2. The van der Waals surface area contributed by atoms with Crippen molar-refractivity contribution in [1.29, 1.82) is 0 Å². The van der Waals surface area contributed by atoms with Crippen molar-refractivity contribution in [3.05, 3.63) is 81.4 Å². The summed E-state index contributed by atoms with van der Waals surface area (Å²) < 4.78 is 1.52. The second-order valence-corrected chi connectivity index (χ2v) is 22.9. The second-order valence-electron chi connectivity index (χ2n) is 13.0. The van der Waals surface area contributed by atoms with Crippen LogP contribution in [0.2, 0.25) is 0 Å². The van der Waals surface area contributed by atoms with Gasteiger partial charge in [-0.25, -0.2) is 0 Å². The van der Waals surface area contributed by atoms with Crippen LogP contribution in [0.25, 0.3) is 12.2 Å². The van der Waals surface area contributed by atoms with Gasteiger partial charge in [-0.3, -0.25) is 0 Å². The number of hydrogen-bond donors (Lipinski definition) is 0. The van der Waals surface area contributed by atoms with Gasteiger partial charge in [-0.15, -0.1) is 0 Å². The zero-order valence-corrected chi connectivity index (χ0v) is 31.2. The van der Waals surface area contributed by atoms with Gasteiger partial charge in [-0.1, -0.05) is 0 Å². The summed E-state index contributed by atoms with van der Waals surface area (Å²) in [5.41, 5.74) is 10.1. The summed E-state index contributed by atoms with van der Waals surface area (Å²) in [7, 11) is -0.154. The maximum atomic E-state index is 2.79. The quantitative estimate of drug-likeness (QED) is 0.309. The van der Waals surface area contributed by atoms with E-state index in [1.54, 1.807) is 22.3 Å². The first-order valence-corrected chi connectivity index (χ1v) is 21.8. The Balaban J connectivity index is 0.00000194. The molecule has 0 saturated heterocycles. The van der Waals surface area contributed by atoms with E-state index in [2.05, 4.69) is 88.4 Å². The molecule has 2 atom stereocenters. The van der Waals surface area contributed by atoms with Gasteiger partial charge in [-0.05, 0) is 0 Å². The van der Waals surface area contributed by atoms with E-state index in [9.17, 15) is 0 Å². The Morgan fingerprint density at radius 3 is 1.46 bits per heavy atom. The molecule has 6 rings (SSSR count). The number of halogens is 2. The first-order chi connectivity index (χ1) is 19.0. The summed E-state index contributed by atoms with van der Waals surface area (Å²) in [6, 6.07) is 19.2. The number of allylic oxidation sites excluding steroid dienone is 2. The molecule has 0 N–H and O–H groups in total. The minimum atomic E-state index is -0.865. The summed E-state index contributed by atoms with van der Waals surface area (Å²) in [4.78, 5) is 0. The number of rotatable bonds is 8. The maximum absolute atomic E-state index is 2.79. The van der Waals surface area contributed by atoms with Crippen molar-refractivity contribution in [3.63, 3.8) is 0 Å². The van der Waals surface area contributed by atoms with Crippen LogP contribution in [-0.4, -0.2) is 22.6 Å². The molecule has 0 aliphatic heterocycles. The predicted octanol–water partition coefficient (Wildman–Crippen LogP) is 5.71. The van der Waals surface area contributed by atoms with Crippen molar-refractivity contribution in [2.45, 2.75) is 122 Å². The monoisotopic (exact) mass is 702 g/mol. The van der Waals surface area contributed by atoms with E-state index in [4.69, 9.17) is 0 Å². The predicted molar refractivity (Wildman–Crippen MR) is 172 cm³/mol. The first-order valence-electron chi connectivity index (χ1n) is 16.0. The van der Waals surface area contributed by atoms with Crippen molar-refractivity contribution < 1.29 is 48.0 Å². The Bertz CT molecular complexity index is 1180. The second kappa shape index (κ2) is 15.5. The van der Waals surface area contributed by atoms with Crippen molar-refractivity contribution >= 4 is 28.0 Å². The van der Waals surface area contributed by atoms with E-state index >= 15 is 0 Å². The van der Waals surface area contributed by atoms with Crippen LogP contribution in [0.15, 0.2) is 59.2 Å². The summed E-state index contributed by atoms with van der Waals surface area (Å²) in [6.45, 7) is 10.00. The average molecular weight is 705 g/mol. The molecular formula is C36H48Cl2P2Zr. The molecule has 0 amide bonds.